The van der Waals surface area contributed by atoms with Gasteiger partial charge in [0.05, 0.1) is 5.56 Å². The maximum absolute atomic E-state index is 12.1. The van der Waals surface area contributed by atoms with Gasteiger partial charge in [0, 0.05) is 42.9 Å². The molecule has 0 bridgehead atoms. The van der Waals surface area contributed by atoms with Gasteiger partial charge in [-0.2, -0.15) is 0 Å². The van der Waals surface area contributed by atoms with E-state index in [1.165, 1.54) is 12.4 Å². The Labute approximate surface area is 150 Å². The molecule has 0 spiro atoms. The number of amides is 1. The van der Waals surface area contributed by atoms with Crippen LogP contribution in [0.3, 0.4) is 0 Å². The number of anilines is 1. The highest BCUT2D eigenvalue weighted by Crippen LogP contribution is 2.10. The van der Waals surface area contributed by atoms with E-state index in [0.717, 1.165) is 11.1 Å². The predicted molar refractivity (Wildman–Crippen MR) is 96.2 cm³/mol. The van der Waals surface area contributed by atoms with Gasteiger partial charge < -0.3 is 10.6 Å². The molecule has 0 unspecified atom stereocenters. The SMILES string of the molecule is O=C(NCc1cccnc1)c1cnc(NCc2ccc(Cl)cc2)nc1. The molecular weight excluding hydrogens is 338 g/mol. The monoisotopic (exact) mass is 353 g/mol. The van der Waals surface area contributed by atoms with Crippen molar-refractivity contribution in [2.75, 3.05) is 5.32 Å². The lowest BCUT2D eigenvalue weighted by Gasteiger charge is -2.07. The normalized spacial score (nSPS) is 10.3. The zero-order valence-electron chi connectivity index (χ0n) is 13.3. The van der Waals surface area contributed by atoms with Gasteiger partial charge in [-0.15, -0.1) is 0 Å². The quantitative estimate of drug-likeness (QED) is 0.712. The second-order valence-corrected chi connectivity index (χ2v) is 5.76. The Hall–Kier alpha value is -2.99. The van der Waals surface area contributed by atoms with Crippen LogP contribution in [0.5, 0.6) is 0 Å². The summed E-state index contributed by atoms with van der Waals surface area (Å²) in [5.41, 5.74) is 2.39. The molecule has 3 aromatic rings. The minimum absolute atomic E-state index is 0.229. The Morgan fingerprint density at radius 1 is 0.960 bits per heavy atom. The van der Waals surface area contributed by atoms with Crippen molar-refractivity contribution in [3.05, 3.63) is 82.9 Å². The van der Waals surface area contributed by atoms with Crippen LogP contribution in [0.4, 0.5) is 5.95 Å². The van der Waals surface area contributed by atoms with Gasteiger partial charge in [-0.05, 0) is 29.3 Å². The molecule has 0 saturated heterocycles. The molecule has 2 aromatic heterocycles. The lowest BCUT2D eigenvalue weighted by atomic mass is 10.2. The summed E-state index contributed by atoms with van der Waals surface area (Å²) in [6, 6.07) is 11.2. The van der Waals surface area contributed by atoms with Gasteiger partial charge >= 0.3 is 0 Å². The van der Waals surface area contributed by atoms with Gasteiger partial charge in [-0.1, -0.05) is 29.8 Å². The van der Waals surface area contributed by atoms with Crippen LogP contribution in [0, 0.1) is 0 Å². The highest BCUT2D eigenvalue weighted by atomic mass is 35.5. The average Bonchev–Trinajstić information content (AvgIpc) is 2.67. The van der Waals surface area contributed by atoms with Crippen molar-refractivity contribution in [3.8, 4) is 0 Å². The number of aromatic nitrogens is 3. The largest absolute Gasteiger partial charge is 0.350 e. The third-order valence-corrected chi connectivity index (χ3v) is 3.71. The van der Waals surface area contributed by atoms with Crippen molar-refractivity contribution in [1.82, 2.24) is 20.3 Å². The first-order valence-electron chi connectivity index (χ1n) is 7.68. The molecule has 1 amide bonds. The summed E-state index contributed by atoms with van der Waals surface area (Å²) in [6.45, 7) is 0.979. The van der Waals surface area contributed by atoms with Gasteiger partial charge in [0.1, 0.15) is 0 Å². The summed E-state index contributed by atoms with van der Waals surface area (Å²) in [7, 11) is 0. The molecule has 0 aliphatic heterocycles. The van der Waals surface area contributed by atoms with Gasteiger partial charge in [0.2, 0.25) is 5.95 Å². The summed E-state index contributed by atoms with van der Waals surface area (Å²) < 4.78 is 0. The Bertz CT molecular complexity index is 822. The van der Waals surface area contributed by atoms with Crippen molar-refractivity contribution >= 4 is 23.5 Å². The van der Waals surface area contributed by atoms with E-state index >= 15 is 0 Å². The number of benzene rings is 1. The lowest BCUT2D eigenvalue weighted by Crippen LogP contribution is -2.23. The number of hydrogen-bond acceptors (Lipinski definition) is 5. The summed E-state index contributed by atoms with van der Waals surface area (Å²) in [6.07, 6.45) is 6.39. The molecule has 126 valence electrons. The molecule has 0 saturated carbocycles. The topological polar surface area (TPSA) is 79.8 Å². The number of carbonyl (C=O) groups is 1. The molecule has 1 aromatic carbocycles. The van der Waals surface area contributed by atoms with Crippen molar-refractivity contribution in [1.29, 1.82) is 0 Å². The highest BCUT2D eigenvalue weighted by molar-refractivity contribution is 6.30. The van der Waals surface area contributed by atoms with E-state index in [-0.39, 0.29) is 5.91 Å². The first kappa shape index (κ1) is 16.9. The fourth-order valence-electron chi connectivity index (χ4n) is 2.11. The molecule has 0 aliphatic rings. The van der Waals surface area contributed by atoms with Gasteiger partial charge in [-0.25, -0.2) is 9.97 Å². The van der Waals surface area contributed by atoms with Crippen LogP contribution in [0.15, 0.2) is 61.2 Å². The summed E-state index contributed by atoms with van der Waals surface area (Å²) in [5, 5.41) is 6.60. The zero-order valence-corrected chi connectivity index (χ0v) is 14.1. The van der Waals surface area contributed by atoms with Crippen molar-refractivity contribution in [2.45, 2.75) is 13.1 Å². The lowest BCUT2D eigenvalue weighted by molar-refractivity contribution is 0.0950. The van der Waals surface area contributed by atoms with Crippen LogP contribution in [-0.4, -0.2) is 20.9 Å². The number of halogens is 1. The molecule has 7 heteroatoms. The third-order valence-electron chi connectivity index (χ3n) is 3.45. The van der Waals surface area contributed by atoms with Crippen LogP contribution in [0.1, 0.15) is 21.5 Å². The van der Waals surface area contributed by atoms with Gasteiger partial charge in [0.25, 0.3) is 5.91 Å². The van der Waals surface area contributed by atoms with Crippen LogP contribution in [0.2, 0.25) is 5.02 Å². The first-order valence-corrected chi connectivity index (χ1v) is 8.06. The second-order valence-electron chi connectivity index (χ2n) is 5.32. The van der Waals surface area contributed by atoms with E-state index in [0.29, 0.717) is 29.6 Å². The molecular formula is C18H16ClN5O. The fraction of sp³-hybridized carbons (Fsp3) is 0.111. The molecule has 0 fully saturated rings. The fourth-order valence-corrected chi connectivity index (χ4v) is 2.23. The smallest absolute Gasteiger partial charge is 0.254 e. The maximum atomic E-state index is 12.1. The molecule has 6 nitrogen and oxygen atoms in total. The number of nitrogens with one attached hydrogen (secondary N) is 2. The van der Waals surface area contributed by atoms with E-state index < -0.39 is 0 Å². The molecule has 0 aliphatic carbocycles. The Kier molecular flexibility index (Phi) is 5.53. The molecule has 25 heavy (non-hydrogen) atoms. The molecule has 0 radical (unpaired) electrons. The minimum atomic E-state index is -0.229. The van der Waals surface area contributed by atoms with Crippen molar-refractivity contribution in [2.24, 2.45) is 0 Å². The zero-order chi connectivity index (χ0) is 17.5. The number of carbonyl (C=O) groups excluding carboxylic acids is 1. The Balaban J connectivity index is 1.52. The van der Waals surface area contributed by atoms with E-state index in [9.17, 15) is 4.79 Å². The molecule has 2 heterocycles. The first-order chi connectivity index (χ1) is 12.2. The van der Waals surface area contributed by atoms with E-state index in [4.69, 9.17) is 11.6 Å². The van der Waals surface area contributed by atoms with Crippen LogP contribution < -0.4 is 10.6 Å². The molecule has 2 N–H and O–H groups in total. The Morgan fingerprint density at radius 3 is 2.40 bits per heavy atom. The predicted octanol–water partition coefficient (Wildman–Crippen LogP) is 3.07. The third kappa shape index (κ3) is 4.99. The number of pyridine rings is 1. The standard InChI is InChI=1S/C18H16ClN5O/c19-16-5-3-13(4-6-16)9-22-18-23-11-15(12-24-18)17(25)21-10-14-2-1-7-20-8-14/h1-8,11-12H,9-10H2,(H,21,25)(H,22,23,24). The Morgan fingerprint density at radius 2 is 1.72 bits per heavy atom. The average molecular weight is 354 g/mol. The summed E-state index contributed by atoms with van der Waals surface area (Å²) in [5.74, 6) is 0.229. The maximum Gasteiger partial charge on any atom is 0.254 e. The minimum Gasteiger partial charge on any atom is -0.350 e. The van der Waals surface area contributed by atoms with Crippen molar-refractivity contribution < 1.29 is 4.79 Å². The van der Waals surface area contributed by atoms with Crippen LogP contribution in [0.25, 0.3) is 0 Å². The summed E-state index contributed by atoms with van der Waals surface area (Å²) >= 11 is 5.85. The number of hydrogen-bond donors (Lipinski definition) is 2. The van der Waals surface area contributed by atoms with Gasteiger partial charge in [-0.3, -0.25) is 9.78 Å². The molecule has 3 rings (SSSR count). The van der Waals surface area contributed by atoms with E-state index in [2.05, 4.69) is 25.6 Å². The van der Waals surface area contributed by atoms with Crippen molar-refractivity contribution in [3.63, 3.8) is 0 Å². The summed E-state index contributed by atoms with van der Waals surface area (Å²) in [4.78, 5) is 24.4. The highest BCUT2D eigenvalue weighted by Gasteiger charge is 2.07. The van der Waals surface area contributed by atoms with Crippen LogP contribution in [-0.2, 0) is 13.1 Å². The number of nitrogens with zero attached hydrogens (tertiary/aromatic N) is 3. The molecule has 0 atom stereocenters. The van der Waals surface area contributed by atoms with Gasteiger partial charge in [0.15, 0.2) is 0 Å². The van der Waals surface area contributed by atoms with E-state index in [1.54, 1.807) is 12.4 Å². The second kappa shape index (κ2) is 8.21. The van der Waals surface area contributed by atoms with E-state index in [1.807, 2.05) is 36.4 Å². The number of rotatable bonds is 6. The van der Waals surface area contributed by atoms with Crippen LogP contribution >= 0.6 is 11.6 Å².